The molecule has 0 fully saturated rings. The Morgan fingerprint density at radius 3 is 1.17 bits per heavy atom. The summed E-state index contributed by atoms with van der Waals surface area (Å²) < 4.78 is 8.60. The lowest BCUT2D eigenvalue weighted by Crippen LogP contribution is -1.83. The van der Waals surface area contributed by atoms with Crippen LogP contribution in [0.5, 0.6) is 0 Å². The molecule has 0 atom stereocenters. The molecule has 0 unspecified atom stereocenters. The van der Waals surface area contributed by atoms with Gasteiger partial charge in [-0.05, 0) is 18.8 Å². The lowest BCUT2D eigenvalue weighted by molar-refractivity contribution is 0.643. The summed E-state index contributed by atoms with van der Waals surface area (Å²) in [7, 11) is -1.17. The molecule has 0 rings (SSSR count). The summed E-state index contributed by atoms with van der Waals surface area (Å²) in [6, 6.07) is 0. The molecule has 0 aliphatic heterocycles. The Kier molecular flexibility index (Phi) is 4.76. The fourth-order valence-electron chi connectivity index (χ4n) is 0. The number of halogens is 1. The van der Waals surface area contributed by atoms with Crippen LogP contribution in [0.4, 0.5) is 0 Å². The second-order valence-corrected chi connectivity index (χ2v) is 5.32. The van der Waals surface area contributed by atoms with E-state index in [2.05, 4.69) is 0 Å². The van der Waals surface area contributed by atoms with E-state index in [1.165, 1.54) is 0 Å². The van der Waals surface area contributed by atoms with Crippen molar-refractivity contribution in [3.05, 3.63) is 0 Å². The average Bonchev–Trinajstić information content (AvgIpc) is 0.722. The van der Waals surface area contributed by atoms with Crippen LogP contribution in [0.15, 0.2) is 0 Å². The molecule has 0 aliphatic rings. The van der Waals surface area contributed by atoms with Gasteiger partial charge < -0.3 is 4.55 Å². The maximum atomic E-state index is 8.60. The molecule has 0 aliphatic carbocycles. The molecule has 1 N–H and O–H groups in total. The predicted molar refractivity (Wildman–Crippen MR) is 38.3 cm³/mol. The molecule has 0 aromatic rings. The highest BCUT2D eigenvalue weighted by molar-refractivity contribution is 8.93. The molecule has 0 spiro atoms. The summed E-state index contributed by atoms with van der Waals surface area (Å²) >= 11 is 0. The molecular weight excluding hydrogens is 164 g/mol. The van der Waals surface area contributed by atoms with Crippen LogP contribution < -0.4 is 0 Å². The summed E-state index contributed by atoms with van der Waals surface area (Å²) in [5.41, 5.74) is 0. The lowest BCUT2D eigenvalue weighted by Gasteiger charge is -2.13. The zero-order chi connectivity index (χ0) is 4.50. The van der Waals surface area contributed by atoms with Gasteiger partial charge in [0.25, 0.3) is 0 Å². The van der Waals surface area contributed by atoms with Gasteiger partial charge in [0.05, 0.1) is 0 Å². The SMILES string of the molecule is Br.CS(C)(C)O. The van der Waals surface area contributed by atoms with E-state index in [9.17, 15) is 0 Å². The standard InChI is InChI=1S/C3H10OS.BrH/c1-5(2,3)4;/h4H,1-3H3;1H. The molecule has 0 amide bonds. The Morgan fingerprint density at radius 1 is 1.17 bits per heavy atom. The van der Waals surface area contributed by atoms with Crippen molar-refractivity contribution in [3.8, 4) is 0 Å². The van der Waals surface area contributed by atoms with E-state index in [4.69, 9.17) is 4.55 Å². The minimum Gasteiger partial charge on any atom is -0.352 e. The Bertz CT molecular complexity index is 26.3. The van der Waals surface area contributed by atoms with E-state index in [1.54, 1.807) is 0 Å². The van der Waals surface area contributed by atoms with Crippen molar-refractivity contribution in [1.29, 1.82) is 0 Å². The summed E-state index contributed by atoms with van der Waals surface area (Å²) in [5.74, 6) is 0. The number of hydrogen-bond acceptors (Lipinski definition) is 1. The van der Waals surface area contributed by atoms with E-state index in [0.29, 0.717) is 0 Å². The van der Waals surface area contributed by atoms with Crippen LogP contribution in [-0.4, -0.2) is 23.3 Å². The second kappa shape index (κ2) is 2.88. The van der Waals surface area contributed by atoms with Crippen LogP contribution >= 0.6 is 27.3 Å². The van der Waals surface area contributed by atoms with Gasteiger partial charge in [0.2, 0.25) is 0 Å². The van der Waals surface area contributed by atoms with Crippen LogP contribution in [-0.2, 0) is 0 Å². The monoisotopic (exact) mass is 174 g/mol. The van der Waals surface area contributed by atoms with Gasteiger partial charge in [0.1, 0.15) is 0 Å². The third-order valence-electron chi connectivity index (χ3n) is 0. The van der Waals surface area contributed by atoms with Crippen molar-refractivity contribution in [1.82, 2.24) is 0 Å². The molecule has 0 bridgehead atoms. The average molecular weight is 175 g/mol. The number of hydrogen-bond donors (Lipinski definition) is 1. The Hall–Kier alpha value is 0.790. The third kappa shape index (κ3) is 110. The molecule has 0 saturated carbocycles. The molecular formula is C3H11BrOS. The molecule has 0 saturated heterocycles. The van der Waals surface area contributed by atoms with Crippen molar-refractivity contribution in [2.45, 2.75) is 0 Å². The van der Waals surface area contributed by atoms with Crippen molar-refractivity contribution >= 4 is 27.3 Å². The summed E-state index contributed by atoms with van der Waals surface area (Å²) in [4.78, 5) is 0. The maximum absolute atomic E-state index is 8.60. The fraction of sp³-hybridized carbons (Fsp3) is 1.00. The molecule has 1 nitrogen and oxygen atoms in total. The van der Waals surface area contributed by atoms with Crippen LogP contribution in [0.25, 0.3) is 0 Å². The van der Waals surface area contributed by atoms with Crippen LogP contribution in [0.2, 0.25) is 0 Å². The largest absolute Gasteiger partial charge is 0.352 e. The minimum atomic E-state index is -1.17. The van der Waals surface area contributed by atoms with E-state index in [0.717, 1.165) is 0 Å². The van der Waals surface area contributed by atoms with E-state index < -0.39 is 10.3 Å². The van der Waals surface area contributed by atoms with Gasteiger partial charge in [-0.25, -0.2) is 0 Å². The first-order valence-electron chi connectivity index (χ1n) is 1.41. The normalized spacial score (nSPS) is 12.7. The van der Waals surface area contributed by atoms with Gasteiger partial charge in [-0.15, -0.1) is 27.3 Å². The predicted octanol–water partition coefficient (Wildman–Crippen LogP) is 1.73. The summed E-state index contributed by atoms with van der Waals surface area (Å²) in [6.45, 7) is 0. The lowest BCUT2D eigenvalue weighted by atomic mass is 11.9. The molecule has 0 aromatic heterocycles. The van der Waals surface area contributed by atoms with Crippen LogP contribution in [0, 0.1) is 0 Å². The highest BCUT2D eigenvalue weighted by Gasteiger charge is 1.88. The summed E-state index contributed by atoms with van der Waals surface area (Å²) in [6.07, 6.45) is 5.48. The molecule has 0 aromatic carbocycles. The zero-order valence-corrected chi connectivity index (χ0v) is 6.79. The molecule has 0 heterocycles. The quantitative estimate of drug-likeness (QED) is 0.594. The van der Waals surface area contributed by atoms with Gasteiger partial charge in [0.15, 0.2) is 0 Å². The first kappa shape index (κ1) is 9.92. The highest BCUT2D eigenvalue weighted by Crippen LogP contribution is 2.26. The van der Waals surface area contributed by atoms with E-state index in [1.807, 2.05) is 18.8 Å². The van der Waals surface area contributed by atoms with Gasteiger partial charge >= 0.3 is 0 Å². The Labute approximate surface area is 51.0 Å². The highest BCUT2D eigenvalue weighted by atomic mass is 79.9. The number of rotatable bonds is 0. The van der Waals surface area contributed by atoms with Crippen molar-refractivity contribution in [3.63, 3.8) is 0 Å². The first-order valence-corrected chi connectivity index (χ1v) is 4.22. The Morgan fingerprint density at radius 2 is 1.17 bits per heavy atom. The van der Waals surface area contributed by atoms with E-state index >= 15 is 0 Å². The minimum absolute atomic E-state index is 0. The van der Waals surface area contributed by atoms with E-state index in [-0.39, 0.29) is 17.0 Å². The maximum Gasteiger partial charge on any atom is -0.0134 e. The van der Waals surface area contributed by atoms with Crippen LogP contribution in [0.1, 0.15) is 0 Å². The first-order chi connectivity index (χ1) is 2.00. The smallest absolute Gasteiger partial charge is 0.0134 e. The van der Waals surface area contributed by atoms with Gasteiger partial charge in [-0.2, -0.15) is 0 Å². The van der Waals surface area contributed by atoms with Crippen molar-refractivity contribution < 1.29 is 4.55 Å². The van der Waals surface area contributed by atoms with Crippen molar-refractivity contribution in [2.24, 2.45) is 0 Å². The molecule has 0 radical (unpaired) electrons. The molecule has 6 heavy (non-hydrogen) atoms. The fourth-order valence-corrected chi connectivity index (χ4v) is 0. The Balaban J connectivity index is 0. The zero-order valence-electron chi connectivity index (χ0n) is 4.26. The topological polar surface area (TPSA) is 20.2 Å². The summed E-state index contributed by atoms with van der Waals surface area (Å²) in [5, 5.41) is 0. The third-order valence-corrected chi connectivity index (χ3v) is 0. The molecule has 3 heteroatoms. The molecule has 42 valence electrons. The van der Waals surface area contributed by atoms with Crippen LogP contribution in [0.3, 0.4) is 0 Å². The van der Waals surface area contributed by atoms with Crippen molar-refractivity contribution in [2.75, 3.05) is 18.8 Å². The second-order valence-electron chi connectivity index (χ2n) is 1.77. The van der Waals surface area contributed by atoms with Gasteiger partial charge in [-0.1, -0.05) is 0 Å². The van der Waals surface area contributed by atoms with Gasteiger partial charge in [-0.3, -0.25) is 0 Å². The van der Waals surface area contributed by atoms with Gasteiger partial charge in [0, 0.05) is 0 Å².